The highest BCUT2D eigenvalue weighted by Crippen LogP contribution is 2.19. The summed E-state index contributed by atoms with van der Waals surface area (Å²) in [6, 6.07) is 2.39. The molecule has 0 aromatic heterocycles. The zero-order valence-electron chi connectivity index (χ0n) is 8.61. The summed E-state index contributed by atoms with van der Waals surface area (Å²) in [7, 11) is 0. The second-order valence-electron chi connectivity index (χ2n) is 4.46. The van der Waals surface area contributed by atoms with Gasteiger partial charge in [-0.1, -0.05) is 0 Å². The summed E-state index contributed by atoms with van der Waals surface area (Å²) in [6.45, 7) is 5.15. The molecule has 0 radical (unpaired) electrons. The van der Waals surface area contributed by atoms with Crippen LogP contribution in [0.1, 0.15) is 19.3 Å². The quantitative estimate of drug-likeness (QED) is 0.664. The Kier molecular flexibility index (Phi) is 3.39. The summed E-state index contributed by atoms with van der Waals surface area (Å²) in [4.78, 5) is 2.44. The zero-order valence-corrected chi connectivity index (χ0v) is 8.61. The first kappa shape index (κ1) is 9.95. The summed E-state index contributed by atoms with van der Waals surface area (Å²) in [5.41, 5.74) is 0. The maximum atomic E-state index is 8.87. The number of nitriles is 1. The lowest BCUT2D eigenvalue weighted by Gasteiger charge is -2.31. The molecular formula is C11H18N2O. The predicted octanol–water partition coefficient (Wildman–Crippen LogP) is 1.26. The van der Waals surface area contributed by atoms with Gasteiger partial charge in [0.05, 0.1) is 18.6 Å². The van der Waals surface area contributed by atoms with Crippen LogP contribution in [0.3, 0.4) is 0 Å². The minimum Gasteiger partial charge on any atom is -0.381 e. The average molecular weight is 194 g/mol. The molecule has 0 N–H and O–H groups in total. The van der Waals surface area contributed by atoms with Crippen molar-refractivity contribution in [1.29, 1.82) is 5.26 Å². The summed E-state index contributed by atoms with van der Waals surface area (Å²) in [5.74, 6) is 0.985. The molecule has 78 valence electrons. The van der Waals surface area contributed by atoms with Crippen LogP contribution in [0.25, 0.3) is 0 Å². The lowest BCUT2D eigenvalue weighted by Crippen LogP contribution is -2.38. The van der Waals surface area contributed by atoms with Crippen molar-refractivity contribution in [3.05, 3.63) is 0 Å². The van der Waals surface area contributed by atoms with E-state index in [9.17, 15) is 0 Å². The van der Waals surface area contributed by atoms with Crippen molar-refractivity contribution in [2.45, 2.75) is 19.3 Å². The van der Waals surface area contributed by atoms with E-state index in [0.717, 1.165) is 32.7 Å². The van der Waals surface area contributed by atoms with Crippen molar-refractivity contribution < 1.29 is 4.74 Å². The van der Waals surface area contributed by atoms with Gasteiger partial charge in [-0.15, -0.1) is 0 Å². The number of nitrogens with zero attached hydrogens (tertiary/aromatic N) is 2. The Hall–Kier alpha value is -0.590. The molecule has 0 bridgehead atoms. The van der Waals surface area contributed by atoms with Gasteiger partial charge in [-0.2, -0.15) is 5.26 Å². The smallest absolute Gasteiger partial charge is 0.0669 e. The Morgan fingerprint density at radius 2 is 2.36 bits per heavy atom. The fraction of sp³-hybridized carbons (Fsp3) is 0.909. The fourth-order valence-corrected chi connectivity index (χ4v) is 2.42. The van der Waals surface area contributed by atoms with Gasteiger partial charge in [0.2, 0.25) is 0 Å². The van der Waals surface area contributed by atoms with Crippen LogP contribution < -0.4 is 0 Å². The molecule has 0 aromatic rings. The van der Waals surface area contributed by atoms with Crippen LogP contribution in [0.4, 0.5) is 0 Å². The first-order chi connectivity index (χ1) is 6.88. The Labute approximate surface area is 85.6 Å². The normalized spacial score (nSPS) is 34.2. The van der Waals surface area contributed by atoms with E-state index >= 15 is 0 Å². The molecule has 2 saturated heterocycles. The van der Waals surface area contributed by atoms with Gasteiger partial charge in [-0.05, 0) is 31.7 Å². The van der Waals surface area contributed by atoms with Crippen LogP contribution in [0, 0.1) is 23.2 Å². The van der Waals surface area contributed by atoms with E-state index in [1.165, 1.54) is 19.4 Å². The first-order valence-electron chi connectivity index (χ1n) is 5.58. The molecule has 0 spiro atoms. The summed E-state index contributed by atoms with van der Waals surface area (Å²) in [5, 5.41) is 8.87. The number of piperidine rings is 1. The number of hydrogen-bond donors (Lipinski definition) is 0. The SMILES string of the molecule is N#CC1CCCN(CC2CCOC2)C1. The van der Waals surface area contributed by atoms with Crippen LogP contribution in [0.5, 0.6) is 0 Å². The van der Waals surface area contributed by atoms with Crippen molar-refractivity contribution in [3.63, 3.8) is 0 Å². The van der Waals surface area contributed by atoms with E-state index in [4.69, 9.17) is 10.00 Å². The van der Waals surface area contributed by atoms with Crippen molar-refractivity contribution in [3.8, 4) is 6.07 Å². The van der Waals surface area contributed by atoms with E-state index < -0.39 is 0 Å². The predicted molar refractivity (Wildman–Crippen MR) is 53.7 cm³/mol. The third kappa shape index (κ3) is 2.46. The number of ether oxygens (including phenoxy) is 1. The van der Waals surface area contributed by atoms with Gasteiger partial charge in [0.15, 0.2) is 0 Å². The molecule has 2 aliphatic heterocycles. The van der Waals surface area contributed by atoms with Crippen molar-refractivity contribution in [2.75, 3.05) is 32.8 Å². The molecule has 0 saturated carbocycles. The fourth-order valence-electron chi connectivity index (χ4n) is 2.42. The van der Waals surface area contributed by atoms with Gasteiger partial charge in [0.25, 0.3) is 0 Å². The van der Waals surface area contributed by atoms with Crippen molar-refractivity contribution in [1.82, 2.24) is 4.90 Å². The summed E-state index contributed by atoms with van der Waals surface area (Å²) in [6.07, 6.45) is 3.48. The van der Waals surface area contributed by atoms with Gasteiger partial charge in [-0.3, -0.25) is 0 Å². The Morgan fingerprint density at radius 3 is 3.07 bits per heavy atom. The molecule has 0 aliphatic carbocycles. The van der Waals surface area contributed by atoms with E-state index in [1.54, 1.807) is 0 Å². The van der Waals surface area contributed by atoms with Crippen LogP contribution in [-0.2, 0) is 4.74 Å². The largest absolute Gasteiger partial charge is 0.381 e. The van der Waals surface area contributed by atoms with Gasteiger partial charge in [-0.25, -0.2) is 0 Å². The molecule has 0 aromatic carbocycles. The second-order valence-corrected chi connectivity index (χ2v) is 4.46. The molecule has 0 amide bonds. The standard InChI is InChI=1S/C11H18N2O/c12-6-10-2-1-4-13(7-10)8-11-3-5-14-9-11/h10-11H,1-5,7-9H2. The van der Waals surface area contributed by atoms with E-state index in [-0.39, 0.29) is 5.92 Å². The van der Waals surface area contributed by atoms with Gasteiger partial charge in [0, 0.05) is 19.7 Å². The number of hydrogen-bond acceptors (Lipinski definition) is 3. The molecule has 3 nitrogen and oxygen atoms in total. The van der Waals surface area contributed by atoms with E-state index in [1.807, 2.05) is 0 Å². The van der Waals surface area contributed by atoms with Crippen LogP contribution >= 0.6 is 0 Å². The van der Waals surface area contributed by atoms with Gasteiger partial charge < -0.3 is 9.64 Å². The van der Waals surface area contributed by atoms with Crippen molar-refractivity contribution >= 4 is 0 Å². The van der Waals surface area contributed by atoms with Gasteiger partial charge in [0.1, 0.15) is 0 Å². The van der Waals surface area contributed by atoms with Crippen LogP contribution in [-0.4, -0.2) is 37.7 Å². The Bertz CT molecular complexity index is 218. The highest BCUT2D eigenvalue weighted by molar-refractivity contribution is 4.88. The third-order valence-electron chi connectivity index (χ3n) is 3.23. The number of likely N-dealkylation sites (tertiary alicyclic amines) is 1. The van der Waals surface area contributed by atoms with E-state index in [2.05, 4.69) is 11.0 Å². The number of rotatable bonds is 2. The average Bonchev–Trinajstić information content (AvgIpc) is 2.71. The molecule has 14 heavy (non-hydrogen) atoms. The Morgan fingerprint density at radius 1 is 1.43 bits per heavy atom. The molecular weight excluding hydrogens is 176 g/mol. The van der Waals surface area contributed by atoms with Crippen LogP contribution in [0.15, 0.2) is 0 Å². The van der Waals surface area contributed by atoms with Crippen LogP contribution in [0.2, 0.25) is 0 Å². The van der Waals surface area contributed by atoms with E-state index in [0.29, 0.717) is 5.92 Å². The summed E-state index contributed by atoms with van der Waals surface area (Å²) >= 11 is 0. The second kappa shape index (κ2) is 4.77. The Balaban J connectivity index is 1.77. The molecule has 2 fully saturated rings. The first-order valence-corrected chi connectivity index (χ1v) is 5.58. The highest BCUT2D eigenvalue weighted by atomic mass is 16.5. The molecule has 2 unspecified atom stereocenters. The van der Waals surface area contributed by atoms with Gasteiger partial charge >= 0.3 is 0 Å². The monoisotopic (exact) mass is 194 g/mol. The topological polar surface area (TPSA) is 36.3 Å². The third-order valence-corrected chi connectivity index (χ3v) is 3.23. The van der Waals surface area contributed by atoms with Crippen molar-refractivity contribution in [2.24, 2.45) is 11.8 Å². The zero-order chi connectivity index (χ0) is 9.80. The minimum absolute atomic E-state index is 0.270. The lowest BCUT2D eigenvalue weighted by atomic mass is 9.98. The molecule has 2 heterocycles. The molecule has 3 heteroatoms. The lowest BCUT2D eigenvalue weighted by molar-refractivity contribution is 0.147. The maximum absolute atomic E-state index is 8.87. The highest BCUT2D eigenvalue weighted by Gasteiger charge is 2.23. The molecule has 2 rings (SSSR count). The molecule has 2 atom stereocenters. The maximum Gasteiger partial charge on any atom is 0.0669 e. The molecule has 2 aliphatic rings. The summed E-state index contributed by atoms with van der Waals surface area (Å²) < 4.78 is 5.36. The minimum atomic E-state index is 0.270.